The zero-order valence-corrected chi connectivity index (χ0v) is 14.4. The molecule has 0 saturated carbocycles. The van der Waals surface area contributed by atoms with Gasteiger partial charge >= 0.3 is 0 Å². The van der Waals surface area contributed by atoms with E-state index in [2.05, 4.69) is 16.0 Å². The summed E-state index contributed by atoms with van der Waals surface area (Å²) >= 11 is 0. The van der Waals surface area contributed by atoms with Crippen molar-refractivity contribution in [3.8, 4) is 11.5 Å². The molecule has 2 heterocycles. The third-order valence-corrected chi connectivity index (χ3v) is 4.58. The van der Waals surface area contributed by atoms with Crippen LogP contribution in [0.1, 0.15) is 37.3 Å². The summed E-state index contributed by atoms with van der Waals surface area (Å²) in [7, 11) is 1.67. The van der Waals surface area contributed by atoms with E-state index < -0.39 is 0 Å². The number of nitrogens with zero attached hydrogens (tertiary/aromatic N) is 2. The van der Waals surface area contributed by atoms with Crippen LogP contribution in [0.2, 0.25) is 0 Å². The van der Waals surface area contributed by atoms with Crippen LogP contribution in [-0.2, 0) is 0 Å². The van der Waals surface area contributed by atoms with E-state index in [4.69, 9.17) is 9.47 Å². The maximum Gasteiger partial charge on any atom is 0.122 e. The van der Waals surface area contributed by atoms with Gasteiger partial charge in [0, 0.05) is 31.0 Å². The van der Waals surface area contributed by atoms with Gasteiger partial charge in [-0.05, 0) is 49.6 Å². The molecule has 128 valence electrons. The average Bonchev–Trinajstić information content (AvgIpc) is 2.66. The Morgan fingerprint density at radius 2 is 2.08 bits per heavy atom. The second kappa shape index (κ2) is 8.69. The lowest BCUT2D eigenvalue weighted by atomic mass is 9.96. The highest BCUT2D eigenvalue weighted by molar-refractivity contribution is 5.32. The highest BCUT2D eigenvalue weighted by Gasteiger charge is 2.23. The van der Waals surface area contributed by atoms with Crippen molar-refractivity contribution in [2.45, 2.75) is 31.7 Å². The normalized spacial score (nSPS) is 18.3. The Balaban J connectivity index is 1.49. The number of ether oxygens (including phenoxy) is 2. The highest BCUT2D eigenvalue weighted by Crippen LogP contribution is 2.30. The van der Waals surface area contributed by atoms with Gasteiger partial charge in [0.15, 0.2) is 0 Å². The van der Waals surface area contributed by atoms with E-state index in [-0.39, 0.29) is 0 Å². The fourth-order valence-electron chi connectivity index (χ4n) is 3.36. The molecule has 1 aliphatic rings. The predicted molar refractivity (Wildman–Crippen MR) is 95.5 cm³/mol. The molecule has 3 rings (SSSR count). The van der Waals surface area contributed by atoms with Crippen LogP contribution in [0.4, 0.5) is 0 Å². The van der Waals surface area contributed by atoms with Crippen LogP contribution in [0.3, 0.4) is 0 Å². The van der Waals surface area contributed by atoms with Crippen LogP contribution in [0.15, 0.2) is 48.8 Å². The first kappa shape index (κ1) is 16.8. The molecule has 4 nitrogen and oxygen atoms in total. The zero-order chi connectivity index (χ0) is 16.6. The maximum absolute atomic E-state index is 5.86. The van der Waals surface area contributed by atoms with Gasteiger partial charge in [-0.25, -0.2) is 0 Å². The Morgan fingerprint density at radius 3 is 2.92 bits per heavy atom. The Labute approximate surface area is 144 Å². The minimum Gasteiger partial charge on any atom is -0.497 e. The molecular weight excluding hydrogens is 300 g/mol. The molecule has 0 bridgehead atoms. The van der Waals surface area contributed by atoms with Crippen LogP contribution in [0.5, 0.6) is 11.5 Å². The molecule has 1 saturated heterocycles. The van der Waals surface area contributed by atoms with Crippen LogP contribution in [0, 0.1) is 0 Å². The van der Waals surface area contributed by atoms with E-state index in [0.29, 0.717) is 6.04 Å². The van der Waals surface area contributed by atoms with Gasteiger partial charge < -0.3 is 9.47 Å². The number of rotatable bonds is 7. The quantitative estimate of drug-likeness (QED) is 0.718. The van der Waals surface area contributed by atoms with Crippen LogP contribution < -0.4 is 9.47 Å². The number of aromatic nitrogens is 1. The van der Waals surface area contributed by atoms with Gasteiger partial charge in [0.25, 0.3) is 0 Å². The Morgan fingerprint density at radius 1 is 1.17 bits per heavy atom. The molecule has 4 heteroatoms. The average molecular weight is 326 g/mol. The summed E-state index contributed by atoms with van der Waals surface area (Å²) in [5, 5.41) is 0. The lowest BCUT2D eigenvalue weighted by Crippen LogP contribution is -2.34. The maximum atomic E-state index is 5.86. The standard InChI is InChI=1S/C20H26N2O2/c1-23-18-8-4-9-19(15-18)24-14-6-13-22-12-3-2-10-20(22)17-7-5-11-21-16-17/h4-5,7-9,11,15-16,20H,2-3,6,10,12-14H2,1H3. The zero-order valence-electron chi connectivity index (χ0n) is 14.4. The second-order valence-corrected chi connectivity index (χ2v) is 6.21. The number of methoxy groups -OCH3 is 1. The summed E-state index contributed by atoms with van der Waals surface area (Å²) in [6, 6.07) is 12.5. The molecule has 24 heavy (non-hydrogen) atoms. The van der Waals surface area contributed by atoms with Crippen molar-refractivity contribution in [2.24, 2.45) is 0 Å². The predicted octanol–water partition coefficient (Wildman–Crippen LogP) is 4.09. The summed E-state index contributed by atoms with van der Waals surface area (Å²) in [5.41, 5.74) is 1.34. The summed E-state index contributed by atoms with van der Waals surface area (Å²) < 4.78 is 11.1. The lowest BCUT2D eigenvalue weighted by molar-refractivity contribution is 0.137. The highest BCUT2D eigenvalue weighted by atomic mass is 16.5. The minimum atomic E-state index is 0.504. The molecule has 1 atom stereocenters. The van der Waals surface area contributed by atoms with Gasteiger partial charge in [-0.15, -0.1) is 0 Å². The summed E-state index contributed by atoms with van der Waals surface area (Å²) in [5.74, 6) is 1.71. The first-order valence-corrected chi connectivity index (χ1v) is 8.77. The number of hydrogen-bond acceptors (Lipinski definition) is 4. The van der Waals surface area contributed by atoms with Crippen LogP contribution in [-0.4, -0.2) is 36.7 Å². The van der Waals surface area contributed by atoms with Gasteiger partial charge in [-0.2, -0.15) is 0 Å². The number of benzene rings is 1. The smallest absolute Gasteiger partial charge is 0.122 e. The van der Waals surface area contributed by atoms with Crippen molar-refractivity contribution >= 4 is 0 Å². The number of hydrogen-bond donors (Lipinski definition) is 0. The van der Waals surface area contributed by atoms with Crippen molar-refractivity contribution in [3.05, 3.63) is 54.4 Å². The SMILES string of the molecule is COc1cccc(OCCCN2CCCCC2c2cccnc2)c1. The summed E-state index contributed by atoms with van der Waals surface area (Å²) in [6.45, 7) is 2.95. The molecule has 0 N–H and O–H groups in total. The Bertz CT molecular complexity index is 618. The molecule has 2 aromatic rings. The Hall–Kier alpha value is -2.07. The number of pyridine rings is 1. The molecule has 0 radical (unpaired) electrons. The van der Waals surface area contributed by atoms with Crippen molar-refractivity contribution in [2.75, 3.05) is 26.8 Å². The largest absolute Gasteiger partial charge is 0.497 e. The first-order chi connectivity index (χ1) is 11.9. The van der Waals surface area contributed by atoms with Gasteiger partial charge in [0.2, 0.25) is 0 Å². The van der Waals surface area contributed by atoms with E-state index in [1.54, 1.807) is 7.11 Å². The summed E-state index contributed by atoms with van der Waals surface area (Å²) in [4.78, 5) is 6.86. The fraction of sp³-hybridized carbons (Fsp3) is 0.450. The van der Waals surface area contributed by atoms with Crippen LogP contribution >= 0.6 is 0 Å². The molecule has 1 unspecified atom stereocenters. The number of piperidine rings is 1. The third-order valence-electron chi connectivity index (χ3n) is 4.58. The molecule has 1 aromatic heterocycles. The van der Waals surface area contributed by atoms with Crippen molar-refractivity contribution < 1.29 is 9.47 Å². The molecular formula is C20H26N2O2. The van der Waals surface area contributed by atoms with Gasteiger partial charge in [-0.1, -0.05) is 18.6 Å². The third kappa shape index (κ3) is 4.48. The van der Waals surface area contributed by atoms with E-state index in [0.717, 1.165) is 31.1 Å². The van der Waals surface area contributed by atoms with E-state index >= 15 is 0 Å². The van der Waals surface area contributed by atoms with Gasteiger partial charge in [-0.3, -0.25) is 9.88 Å². The lowest BCUT2D eigenvalue weighted by Gasteiger charge is -2.35. The van der Waals surface area contributed by atoms with Gasteiger partial charge in [0.1, 0.15) is 11.5 Å². The number of likely N-dealkylation sites (tertiary alicyclic amines) is 1. The van der Waals surface area contributed by atoms with Crippen molar-refractivity contribution in [3.63, 3.8) is 0 Å². The topological polar surface area (TPSA) is 34.6 Å². The molecule has 0 aliphatic carbocycles. The fourth-order valence-corrected chi connectivity index (χ4v) is 3.36. The van der Waals surface area contributed by atoms with E-state index in [1.165, 1.54) is 31.4 Å². The van der Waals surface area contributed by atoms with Crippen molar-refractivity contribution in [1.29, 1.82) is 0 Å². The van der Waals surface area contributed by atoms with Crippen LogP contribution in [0.25, 0.3) is 0 Å². The molecule has 0 amide bonds. The minimum absolute atomic E-state index is 0.504. The van der Waals surface area contributed by atoms with E-state index in [9.17, 15) is 0 Å². The monoisotopic (exact) mass is 326 g/mol. The Kier molecular flexibility index (Phi) is 6.07. The molecule has 0 spiro atoms. The van der Waals surface area contributed by atoms with Gasteiger partial charge in [0.05, 0.1) is 13.7 Å². The second-order valence-electron chi connectivity index (χ2n) is 6.21. The molecule has 1 aliphatic heterocycles. The van der Waals surface area contributed by atoms with E-state index in [1.807, 2.05) is 42.7 Å². The summed E-state index contributed by atoms with van der Waals surface area (Å²) in [6.07, 6.45) is 8.69. The first-order valence-electron chi connectivity index (χ1n) is 8.77. The molecule has 1 aromatic carbocycles. The molecule has 1 fully saturated rings. The van der Waals surface area contributed by atoms with Crippen molar-refractivity contribution in [1.82, 2.24) is 9.88 Å².